The summed E-state index contributed by atoms with van der Waals surface area (Å²) in [6.45, 7) is 3.20. The van der Waals surface area contributed by atoms with Gasteiger partial charge in [0.15, 0.2) is 11.5 Å². The molecule has 0 bridgehead atoms. The molecule has 31 heavy (non-hydrogen) atoms. The van der Waals surface area contributed by atoms with Crippen molar-refractivity contribution in [2.24, 2.45) is 0 Å². The zero-order valence-corrected chi connectivity index (χ0v) is 18.5. The lowest BCUT2D eigenvalue weighted by Crippen LogP contribution is -2.34. The molecular weight excluding hydrogens is 408 g/mol. The molecule has 0 saturated carbocycles. The van der Waals surface area contributed by atoms with E-state index in [1.54, 1.807) is 18.9 Å². The fourth-order valence-electron chi connectivity index (χ4n) is 3.48. The van der Waals surface area contributed by atoms with Crippen LogP contribution < -0.4 is 14.8 Å². The van der Waals surface area contributed by atoms with Crippen molar-refractivity contribution in [1.29, 1.82) is 0 Å². The Bertz CT molecular complexity index is 1020. The Labute approximate surface area is 187 Å². The first kappa shape index (κ1) is 21.1. The predicted molar refractivity (Wildman–Crippen MR) is 126 cm³/mol. The minimum absolute atomic E-state index is 0.0671. The van der Waals surface area contributed by atoms with Gasteiger partial charge in [-0.15, -0.1) is 11.8 Å². The molecule has 3 aromatic rings. The van der Waals surface area contributed by atoms with Crippen LogP contribution in [0.2, 0.25) is 0 Å². The topological polar surface area (TPSA) is 50.8 Å². The molecule has 1 fully saturated rings. The number of urea groups is 1. The zero-order valence-electron chi connectivity index (χ0n) is 17.7. The number of anilines is 1. The van der Waals surface area contributed by atoms with Gasteiger partial charge in [-0.05, 0) is 42.3 Å². The summed E-state index contributed by atoms with van der Waals surface area (Å²) in [5.74, 6) is 2.24. The van der Waals surface area contributed by atoms with Gasteiger partial charge in [0, 0.05) is 18.0 Å². The number of benzene rings is 3. The highest BCUT2D eigenvalue weighted by Gasteiger charge is 2.31. The maximum atomic E-state index is 12.9. The van der Waals surface area contributed by atoms with Gasteiger partial charge in [0.25, 0.3) is 0 Å². The maximum Gasteiger partial charge on any atom is 0.323 e. The number of carbonyl (C=O) groups is 1. The number of carbonyl (C=O) groups excluding carboxylic acids is 1. The molecule has 1 unspecified atom stereocenters. The van der Waals surface area contributed by atoms with Crippen molar-refractivity contribution < 1.29 is 14.3 Å². The van der Waals surface area contributed by atoms with E-state index >= 15 is 0 Å². The SMILES string of the molecule is COc1cc(C2SCCN2C(=O)Nc2ccc(C)cc2)ccc1OCc1ccccc1. The first-order valence-electron chi connectivity index (χ1n) is 10.2. The van der Waals surface area contributed by atoms with Gasteiger partial charge < -0.3 is 19.7 Å². The van der Waals surface area contributed by atoms with Crippen molar-refractivity contribution >= 4 is 23.5 Å². The summed E-state index contributed by atoms with van der Waals surface area (Å²) < 4.78 is 11.6. The lowest BCUT2D eigenvalue weighted by atomic mass is 10.1. The third kappa shape index (κ3) is 5.14. The Kier molecular flexibility index (Phi) is 6.67. The fourth-order valence-corrected chi connectivity index (χ4v) is 4.72. The van der Waals surface area contributed by atoms with Crippen molar-refractivity contribution in [2.75, 3.05) is 24.7 Å². The highest BCUT2D eigenvalue weighted by molar-refractivity contribution is 7.99. The first-order valence-corrected chi connectivity index (χ1v) is 11.3. The molecule has 1 atom stereocenters. The lowest BCUT2D eigenvalue weighted by Gasteiger charge is -2.25. The summed E-state index contributed by atoms with van der Waals surface area (Å²) in [4.78, 5) is 14.8. The summed E-state index contributed by atoms with van der Waals surface area (Å²) in [6.07, 6.45) is 0. The average molecular weight is 435 g/mol. The summed E-state index contributed by atoms with van der Waals surface area (Å²) in [5, 5.41) is 2.94. The monoisotopic (exact) mass is 434 g/mol. The molecular formula is C25H26N2O3S. The molecule has 1 saturated heterocycles. The number of methoxy groups -OCH3 is 1. The van der Waals surface area contributed by atoms with E-state index in [1.807, 2.05) is 84.6 Å². The van der Waals surface area contributed by atoms with Gasteiger partial charge in [0.05, 0.1) is 7.11 Å². The molecule has 0 aromatic heterocycles. The summed E-state index contributed by atoms with van der Waals surface area (Å²) >= 11 is 1.75. The van der Waals surface area contributed by atoms with E-state index in [0.717, 1.165) is 28.1 Å². The lowest BCUT2D eigenvalue weighted by molar-refractivity contribution is 0.214. The van der Waals surface area contributed by atoms with Gasteiger partial charge in [0.1, 0.15) is 12.0 Å². The van der Waals surface area contributed by atoms with Gasteiger partial charge in [-0.3, -0.25) is 0 Å². The molecule has 160 valence electrons. The first-order chi connectivity index (χ1) is 15.1. The van der Waals surface area contributed by atoms with E-state index in [2.05, 4.69) is 5.32 Å². The van der Waals surface area contributed by atoms with Gasteiger partial charge >= 0.3 is 6.03 Å². The molecule has 5 nitrogen and oxygen atoms in total. The summed E-state index contributed by atoms with van der Waals surface area (Å²) in [6, 6.07) is 23.7. The highest BCUT2D eigenvalue weighted by atomic mass is 32.2. The van der Waals surface area contributed by atoms with Gasteiger partial charge in [-0.25, -0.2) is 4.79 Å². The number of nitrogens with one attached hydrogen (secondary N) is 1. The van der Waals surface area contributed by atoms with Gasteiger partial charge in [-0.1, -0.05) is 54.1 Å². The zero-order chi connectivity index (χ0) is 21.6. The third-order valence-corrected chi connectivity index (χ3v) is 6.43. The summed E-state index contributed by atoms with van der Waals surface area (Å²) in [5.41, 5.74) is 4.08. The Morgan fingerprint density at radius 2 is 1.84 bits per heavy atom. The van der Waals surface area contributed by atoms with E-state index in [4.69, 9.17) is 9.47 Å². The quantitative estimate of drug-likeness (QED) is 0.528. The van der Waals surface area contributed by atoms with Crippen molar-refractivity contribution in [3.05, 3.63) is 89.5 Å². The van der Waals surface area contributed by atoms with Crippen LogP contribution in [0, 0.1) is 6.92 Å². The van der Waals surface area contributed by atoms with Crippen LogP contribution in [0.25, 0.3) is 0 Å². The molecule has 6 heteroatoms. The van der Waals surface area contributed by atoms with Crippen LogP contribution in [-0.4, -0.2) is 30.3 Å². The van der Waals surface area contributed by atoms with Crippen molar-refractivity contribution in [3.8, 4) is 11.5 Å². The number of nitrogens with zero attached hydrogens (tertiary/aromatic N) is 1. The van der Waals surface area contributed by atoms with Crippen LogP contribution in [-0.2, 0) is 6.61 Å². The van der Waals surface area contributed by atoms with E-state index in [1.165, 1.54) is 0 Å². The molecule has 1 heterocycles. The molecule has 1 N–H and O–H groups in total. The number of hydrogen-bond donors (Lipinski definition) is 1. The molecule has 0 aliphatic carbocycles. The second-order valence-electron chi connectivity index (χ2n) is 7.40. The Morgan fingerprint density at radius 1 is 1.06 bits per heavy atom. The minimum Gasteiger partial charge on any atom is -0.493 e. The number of aryl methyl sites for hydroxylation is 1. The second kappa shape index (κ2) is 9.79. The molecule has 1 aliphatic heterocycles. The third-order valence-electron chi connectivity index (χ3n) is 5.16. The number of amides is 2. The fraction of sp³-hybridized carbons (Fsp3) is 0.240. The molecule has 1 aliphatic rings. The Morgan fingerprint density at radius 3 is 2.58 bits per heavy atom. The molecule has 2 amide bonds. The second-order valence-corrected chi connectivity index (χ2v) is 8.59. The standard InChI is InChI=1S/C25H26N2O3S/c1-18-8-11-21(12-9-18)26-25(28)27-14-15-31-24(27)20-10-13-22(23(16-20)29-2)30-17-19-6-4-3-5-7-19/h3-13,16,24H,14-15,17H2,1-2H3,(H,26,28). The molecule has 3 aromatic carbocycles. The normalized spacial score (nSPS) is 15.5. The number of thioether (sulfide) groups is 1. The van der Waals surface area contributed by atoms with Crippen molar-refractivity contribution in [3.63, 3.8) is 0 Å². The van der Waals surface area contributed by atoms with Crippen LogP contribution in [0.5, 0.6) is 11.5 Å². The van der Waals surface area contributed by atoms with Crippen LogP contribution >= 0.6 is 11.8 Å². The molecule has 0 spiro atoms. The van der Waals surface area contributed by atoms with Crippen molar-refractivity contribution in [1.82, 2.24) is 4.90 Å². The van der Waals surface area contributed by atoms with Crippen LogP contribution in [0.4, 0.5) is 10.5 Å². The van der Waals surface area contributed by atoms with E-state index in [0.29, 0.717) is 24.7 Å². The summed E-state index contributed by atoms with van der Waals surface area (Å²) in [7, 11) is 1.64. The van der Waals surface area contributed by atoms with Crippen LogP contribution in [0.1, 0.15) is 22.1 Å². The van der Waals surface area contributed by atoms with E-state index < -0.39 is 0 Å². The number of hydrogen-bond acceptors (Lipinski definition) is 4. The number of ether oxygens (including phenoxy) is 2. The van der Waals surface area contributed by atoms with Crippen LogP contribution in [0.15, 0.2) is 72.8 Å². The average Bonchev–Trinajstić information content (AvgIpc) is 3.30. The van der Waals surface area contributed by atoms with E-state index in [9.17, 15) is 4.79 Å². The number of rotatable bonds is 6. The Hall–Kier alpha value is -3.12. The van der Waals surface area contributed by atoms with E-state index in [-0.39, 0.29) is 11.4 Å². The van der Waals surface area contributed by atoms with Crippen LogP contribution in [0.3, 0.4) is 0 Å². The molecule has 4 rings (SSSR count). The van der Waals surface area contributed by atoms with Crippen molar-refractivity contribution in [2.45, 2.75) is 18.9 Å². The largest absolute Gasteiger partial charge is 0.493 e. The Balaban J connectivity index is 1.47. The van der Waals surface area contributed by atoms with Gasteiger partial charge in [-0.2, -0.15) is 0 Å². The highest BCUT2D eigenvalue weighted by Crippen LogP contribution is 2.41. The maximum absolute atomic E-state index is 12.9. The van der Waals surface area contributed by atoms with Gasteiger partial charge in [0.2, 0.25) is 0 Å². The smallest absolute Gasteiger partial charge is 0.323 e. The molecule has 0 radical (unpaired) electrons. The predicted octanol–water partition coefficient (Wildman–Crippen LogP) is 5.86. The minimum atomic E-state index is -0.0952.